The van der Waals surface area contributed by atoms with Crippen LogP contribution in [0.1, 0.15) is 53.8 Å². The Balaban J connectivity index is 1.43. The number of carbonyl (C=O) groups excluding carboxylic acids is 1. The molecule has 4 rings (SSSR count). The van der Waals surface area contributed by atoms with Gasteiger partial charge in [0.15, 0.2) is 0 Å². The van der Waals surface area contributed by atoms with Crippen molar-refractivity contribution in [2.24, 2.45) is 11.8 Å². The molecule has 1 saturated heterocycles. The van der Waals surface area contributed by atoms with Crippen LogP contribution in [0, 0.1) is 18.8 Å². The van der Waals surface area contributed by atoms with Crippen LogP contribution in [-0.4, -0.2) is 48.4 Å². The summed E-state index contributed by atoms with van der Waals surface area (Å²) in [4.78, 5) is 17.9. The zero-order valence-corrected chi connectivity index (χ0v) is 19.0. The second kappa shape index (κ2) is 10.3. The highest BCUT2D eigenvalue weighted by Gasteiger charge is 2.33. The third kappa shape index (κ3) is 5.48. The van der Waals surface area contributed by atoms with Gasteiger partial charge < -0.3 is 14.2 Å². The number of piperidine rings is 1. The van der Waals surface area contributed by atoms with Gasteiger partial charge in [-0.05, 0) is 82.0 Å². The van der Waals surface area contributed by atoms with E-state index < -0.39 is 0 Å². The van der Waals surface area contributed by atoms with Gasteiger partial charge in [0.2, 0.25) is 0 Å². The summed E-state index contributed by atoms with van der Waals surface area (Å²) >= 11 is 0. The molecule has 4 nitrogen and oxygen atoms in total. The van der Waals surface area contributed by atoms with Crippen LogP contribution >= 0.6 is 0 Å². The summed E-state index contributed by atoms with van der Waals surface area (Å²) < 4.78 is 5.41. The minimum absolute atomic E-state index is 0.0728. The van der Waals surface area contributed by atoms with Gasteiger partial charge in [0.25, 0.3) is 5.91 Å². The van der Waals surface area contributed by atoms with Crippen molar-refractivity contribution < 1.29 is 9.21 Å². The lowest BCUT2D eigenvalue weighted by Crippen LogP contribution is -2.48. The number of nitrogens with zero attached hydrogens (tertiary/aromatic N) is 2. The molecule has 0 N–H and O–H groups in total. The Morgan fingerprint density at radius 3 is 2.55 bits per heavy atom. The summed E-state index contributed by atoms with van der Waals surface area (Å²) in [5.74, 6) is 2.11. The quantitative estimate of drug-likeness (QED) is 0.567. The third-order valence-corrected chi connectivity index (χ3v) is 7.27. The first-order valence-electron chi connectivity index (χ1n) is 11.8. The van der Waals surface area contributed by atoms with E-state index in [1.165, 1.54) is 31.4 Å². The molecule has 1 aliphatic carbocycles. The Labute approximate surface area is 186 Å². The average Bonchev–Trinajstić information content (AvgIpc) is 3.24. The van der Waals surface area contributed by atoms with Crippen molar-refractivity contribution >= 4 is 5.91 Å². The van der Waals surface area contributed by atoms with Gasteiger partial charge in [-0.15, -0.1) is 0 Å². The number of carbonyl (C=O) groups is 1. The number of amides is 1. The van der Waals surface area contributed by atoms with E-state index in [0.29, 0.717) is 17.2 Å². The van der Waals surface area contributed by atoms with E-state index in [9.17, 15) is 4.79 Å². The fourth-order valence-electron chi connectivity index (χ4n) is 5.33. The Hall–Kier alpha value is -2.33. The van der Waals surface area contributed by atoms with Crippen molar-refractivity contribution in [2.75, 3.05) is 26.7 Å². The molecule has 31 heavy (non-hydrogen) atoms. The van der Waals surface area contributed by atoms with Crippen LogP contribution in [0.4, 0.5) is 0 Å². The molecule has 0 saturated carbocycles. The standard InChI is InChI=1S/C27H36N2O2/c1-21-25(15-18-31-21)27(30)28(2)26(19-22-9-5-3-6-10-22)24-13-16-29(17-14-24)20-23-11-7-4-8-12-23/h3-7,9-10,15,18,23-24,26H,8,11-14,16-17,19-20H2,1-2H3/t23-,26+/m1/s1. The summed E-state index contributed by atoms with van der Waals surface area (Å²) in [6.07, 6.45) is 13.3. The lowest BCUT2D eigenvalue weighted by atomic mass is 9.84. The van der Waals surface area contributed by atoms with E-state index in [1.54, 1.807) is 12.3 Å². The molecule has 1 aromatic heterocycles. The predicted molar refractivity (Wildman–Crippen MR) is 125 cm³/mol. The molecule has 2 aromatic rings. The van der Waals surface area contributed by atoms with Crippen LogP contribution in [0.5, 0.6) is 0 Å². The van der Waals surface area contributed by atoms with E-state index >= 15 is 0 Å². The number of allylic oxidation sites excluding steroid dienone is 2. The van der Waals surface area contributed by atoms with Crippen molar-refractivity contribution in [3.8, 4) is 0 Å². The van der Waals surface area contributed by atoms with Crippen molar-refractivity contribution in [3.63, 3.8) is 0 Å². The van der Waals surface area contributed by atoms with Crippen LogP contribution in [0.25, 0.3) is 0 Å². The third-order valence-electron chi connectivity index (χ3n) is 7.27. The zero-order chi connectivity index (χ0) is 21.6. The smallest absolute Gasteiger partial charge is 0.257 e. The van der Waals surface area contributed by atoms with Gasteiger partial charge in [0.05, 0.1) is 11.8 Å². The molecule has 1 fully saturated rings. The molecule has 1 amide bonds. The highest BCUT2D eigenvalue weighted by molar-refractivity contribution is 5.95. The molecule has 0 spiro atoms. The average molecular weight is 421 g/mol. The molecule has 166 valence electrons. The van der Waals surface area contributed by atoms with Crippen LogP contribution in [0.3, 0.4) is 0 Å². The molecular weight excluding hydrogens is 384 g/mol. The van der Waals surface area contributed by atoms with Crippen LogP contribution in [-0.2, 0) is 6.42 Å². The molecule has 1 aliphatic heterocycles. The second-order valence-electron chi connectivity index (χ2n) is 9.35. The Morgan fingerprint density at radius 2 is 1.90 bits per heavy atom. The van der Waals surface area contributed by atoms with E-state index in [-0.39, 0.29) is 11.9 Å². The predicted octanol–water partition coefficient (Wildman–Crippen LogP) is 5.34. The maximum atomic E-state index is 13.3. The summed E-state index contributed by atoms with van der Waals surface area (Å²) in [5, 5.41) is 0. The lowest BCUT2D eigenvalue weighted by molar-refractivity contribution is 0.0574. The first kappa shape index (κ1) is 21.9. The number of hydrogen-bond acceptors (Lipinski definition) is 3. The summed E-state index contributed by atoms with van der Waals surface area (Å²) in [7, 11) is 1.98. The number of furan rings is 1. The number of rotatable bonds is 7. The number of likely N-dealkylation sites (N-methyl/N-ethyl adjacent to an activating group) is 1. The highest BCUT2D eigenvalue weighted by Crippen LogP contribution is 2.29. The minimum atomic E-state index is 0.0728. The summed E-state index contributed by atoms with van der Waals surface area (Å²) in [6.45, 7) is 5.38. The number of likely N-dealkylation sites (tertiary alicyclic amines) is 1. The Bertz CT molecular complexity index is 864. The van der Waals surface area contributed by atoms with Crippen LogP contribution in [0.2, 0.25) is 0 Å². The largest absolute Gasteiger partial charge is 0.469 e. The minimum Gasteiger partial charge on any atom is -0.469 e. The fraction of sp³-hybridized carbons (Fsp3) is 0.519. The summed E-state index contributed by atoms with van der Waals surface area (Å²) in [5.41, 5.74) is 1.98. The van der Waals surface area contributed by atoms with Crippen LogP contribution < -0.4 is 0 Å². The van der Waals surface area contributed by atoms with Gasteiger partial charge in [-0.25, -0.2) is 0 Å². The molecule has 2 aliphatic rings. The normalized spacial score (nSPS) is 21.2. The SMILES string of the molecule is Cc1occc1C(=O)N(C)[C@@H](Cc1ccccc1)C1CCN(C[C@@H]2CC=CCC2)CC1. The molecule has 1 aromatic carbocycles. The molecule has 0 bridgehead atoms. The van der Waals surface area contributed by atoms with Gasteiger partial charge in [0, 0.05) is 19.6 Å². The number of benzene rings is 1. The van der Waals surface area contributed by atoms with E-state index in [1.807, 2.05) is 18.9 Å². The molecule has 4 heteroatoms. The fourth-order valence-corrected chi connectivity index (χ4v) is 5.33. The Morgan fingerprint density at radius 1 is 1.13 bits per heavy atom. The van der Waals surface area contributed by atoms with Crippen molar-refractivity contribution in [3.05, 3.63) is 71.7 Å². The lowest BCUT2D eigenvalue weighted by Gasteiger charge is -2.41. The number of hydrogen-bond donors (Lipinski definition) is 0. The molecule has 0 radical (unpaired) electrons. The summed E-state index contributed by atoms with van der Waals surface area (Å²) in [6, 6.07) is 12.6. The molecule has 0 unspecified atom stereocenters. The Kier molecular flexibility index (Phi) is 7.29. The van der Waals surface area contributed by atoms with Gasteiger partial charge in [-0.1, -0.05) is 42.5 Å². The second-order valence-corrected chi connectivity index (χ2v) is 9.35. The maximum absolute atomic E-state index is 13.3. The van der Waals surface area contributed by atoms with Crippen molar-refractivity contribution in [1.29, 1.82) is 0 Å². The van der Waals surface area contributed by atoms with Gasteiger partial charge in [-0.2, -0.15) is 0 Å². The highest BCUT2D eigenvalue weighted by atomic mass is 16.3. The van der Waals surface area contributed by atoms with E-state index in [2.05, 4.69) is 47.4 Å². The number of aryl methyl sites for hydroxylation is 1. The molecule has 2 heterocycles. The van der Waals surface area contributed by atoms with Gasteiger partial charge in [-0.3, -0.25) is 4.79 Å². The van der Waals surface area contributed by atoms with E-state index in [4.69, 9.17) is 4.42 Å². The first-order chi connectivity index (χ1) is 15.1. The zero-order valence-electron chi connectivity index (χ0n) is 19.0. The van der Waals surface area contributed by atoms with E-state index in [0.717, 1.165) is 38.3 Å². The maximum Gasteiger partial charge on any atom is 0.257 e. The van der Waals surface area contributed by atoms with Gasteiger partial charge >= 0.3 is 0 Å². The molecule has 2 atom stereocenters. The van der Waals surface area contributed by atoms with Crippen LogP contribution in [0.15, 0.2) is 59.2 Å². The molecular formula is C27H36N2O2. The topological polar surface area (TPSA) is 36.7 Å². The van der Waals surface area contributed by atoms with Gasteiger partial charge in [0.1, 0.15) is 5.76 Å². The monoisotopic (exact) mass is 420 g/mol. The first-order valence-corrected chi connectivity index (χ1v) is 11.8. The van der Waals surface area contributed by atoms with Crippen molar-refractivity contribution in [2.45, 2.75) is 51.5 Å². The van der Waals surface area contributed by atoms with Crippen molar-refractivity contribution in [1.82, 2.24) is 9.80 Å².